The van der Waals surface area contributed by atoms with Crippen molar-refractivity contribution in [2.24, 2.45) is 0 Å². The average Bonchev–Trinajstić information content (AvgIpc) is 2.32. The predicted molar refractivity (Wildman–Crippen MR) is 65.8 cm³/mol. The number of amides is 1. The van der Waals surface area contributed by atoms with Gasteiger partial charge in [0.25, 0.3) is 0 Å². The third-order valence-electron chi connectivity index (χ3n) is 3.17. The molecular weight excluding hydrogens is 200 g/mol. The first kappa shape index (κ1) is 11.0. The van der Waals surface area contributed by atoms with Crippen molar-refractivity contribution >= 4 is 12.1 Å². The maximum Gasteiger partial charge on any atom is 0.209 e. The lowest BCUT2D eigenvalue weighted by Crippen LogP contribution is -2.45. The van der Waals surface area contributed by atoms with E-state index < -0.39 is 0 Å². The smallest absolute Gasteiger partial charge is 0.209 e. The van der Waals surface area contributed by atoms with Gasteiger partial charge in [-0.15, -0.1) is 0 Å². The first-order valence-corrected chi connectivity index (χ1v) is 5.72. The molecule has 1 aromatic carbocycles. The molecule has 1 saturated heterocycles. The molecule has 0 atom stereocenters. The molecule has 0 spiro atoms. The average molecular weight is 218 g/mol. The molecule has 1 amide bonds. The van der Waals surface area contributed by atoms with E-state index >= 15 is 0 Å². The number of anilines is 1. The van der Waals surface area contributed by atoms with Crippen molar-refractivity contribution in [1.82, 2.24) is 4.90 Å². The highest BCUT2D eigenvalue weighted by Crippen LogP contribution is 2.22. The van der Waals surface area contributed by atoms with Gasteiger partial charge in [0.05, 0.1) is 0 Å². The molecule has 0 bridgehead atoms. The Balaban J connectivity index is 2.13. The van der Waals surface area contributed by atoms with Gasteiger partial charge in [-0.25, -0.2) is 0 Å². The molecule has 0 aromatic heterocycles. The maximum atomic E-state index is 10.6. The van der Waals surface area contributed by atoms with Gasteiger partial charge in [-0.2, -0.15) is 0 Å². The second kappa shape index (κ2) is 4.56. The molecule has 2 rings (SSSR count). The van der Waals surface area contributed by atoms with Crippen LogP contribution < -0.4 is 4.90 Å². The van der Waals surface area contributed by atoms with Crippen molar-refractivity contribution in [3.05, 3.63) is 29.3 Å². The van der Waals surface area contributed by atoms with Crippen LogP contribution in [-0.4, -0.2) is 37.5 Å². The van der Waals surface area contributed by atoms with E-state index in [1.807, 2.05) is 4.90 Å². The summed E-state index contributed by atoms with van der Waals surface area (Å²) in [4.78, 5) is 14.8. The van der Waals surface area contributed by atoms with E-state index in [9.17, 15) is 4.79 Å². The number of piperazine rings is 1. The van der Waals surface area contributed by atoms with Crippen LogP contribution in [0.3, 0.4) is 0 Å². The summed E-state index contributed by atoms with van der Waals surface area (Å²) in [6.45, 7) is 7.78. The highest BCUT2D eigenvalue weighted by Gasteiger charge is 2.16. The van der Waals surface area contributed by atoms with Gasteiger partial charge in [0, 0.05) is 31.9 Å². The number of hydrogen-bond acceptors (Lipinski definition) is 2. The van der Waals surface area contributed by atoms with Gasteiger partial charge in [0.1, 0.15) is 0 Å². The van der Waals surface area contributed by atoms with Crippen LogP contribution in [0.1, 0.15) is 11.1 Å². The molecule has 3 heteroatoms. The molecule has 86 valence electrons. The first-order chi connectivity index (χ1) is 7.70. The van der Waals surface area contributed by atoms with E-state index in [-0.39, 0.29) is 0 Å². The zero-order valence-corrected chi connectivity index (χ0v) is 9.94. The standard InChI is InChI=1S/C13H18N2O/c1-11-3-4-12(2)13(9-11)15-7-5-14(10-16)6-8-15/h3-4,9-10H,5-8H2,1-2H3. The van der Waals surface area contributed by atoms with Crippen molar-refractivity contribution < 1.29 is 4.79 Å². The van der Waals surface area contributed by atoms with Gasteiger partial charge in [-0.05, 0) is 31.0 Å². The fourth-order valence-corrected chi connectivity index (χ4v) is 2.13. The Hall–Kier alpha value is -1.51. The molecule has 16 heavy (non-hydrogen) atoms. The zero-order chi connectivity index (χ0) is 11.5. The molecule has 1 fully saturated rings. The van der Waals surface area contributed by atoms with E-state index in [1.54, 1.807) is 0 Å². The van der Waals surface area contributed by atoms with Crippen LogP contribution >= 0.6 is 0 Å². The van der Waals surface area contributed by atoms with Gasteiger partial charge in [-0.3, -0.25) is 4.79 Å². The summed E-state index contributed by atoms with van der Waals surface area (Å²) in [5.74, 6) is 0. The topological polar surface area (TPSA) is 23.6 Å². The Bertz CT molecular complexity index is 382. The van der Waals surface area contributed by atoms with Gasteiger partial charge < -0.3 is 9.80 Å². The predicted octanol–water partition coefficient (Wildman–Crippen LogP) is 1.58. The van der Waals surface area contributed by atoms with Crippen molar-refractivity contribution in [1.29, 1.82) is 0 Å². The molecular formula is C13H18N2O. The highest BCUT2D eigenvalue weighted by atomic mass is 16.1. The van der Waals surface area contributed by atoms with E-state index in [2.05, 4.69) is 36.9 Å². The third-order valence-corrected chi connectivity index (χ3v) is 3.17. The monoisotopic (exact) mass is 218 g/mol. The Kier molecular flexibility index (Phi) is 3.13. The van der Waals surface area contributed by atoms with Gasteiger partial charge in [-0.1, -0.05) is 12.1 Å². The first-order valence-electron chi connectivity index (χ1n) is 5.72. The summed E-state index contributed by atoms with van der Waals surface area (Å²) in [5.41, 5.74) is 3.91. The fraction of sp³-hybridized carbons (Fsp3) is 0.462. The van der Waals surface area contributed by atoms with Gasteiger partial charge in [0.15, 0.2) is 0 Å². The molecule has 1 aliphatic heterocycles. The van der Waals surface area contributed by atoms with E-state index in [0.29, 0.717) is 0 Å². The molecule has 1 aliphatic rings. The number of hydrogen-bond donors (Lipinski definition) is 0. The third kappa shape index (κ3) is 2.18. The summed E-state index contributed by atoms with van der Waals surface area (Å²) in [7, 11) is 0. The van der Waals surface area contributed by atoms with E-state index in [1.165, 1.54) is 16.8 Å². The number of rotatable bonds is 2. The van der Waals surface area contributed by atoms with Crippen LogP contribution in [0.5, 0.6) is 0 Å². The number of benzene rings is 1. The number of aryl methyl sites for hydroxylation is 2. The molecule has 0 saturated carbocycles. The van der Waals surface area contributed by atoms with Gasteiger partial charge in [0.2, 0.25) is 6.41 Å². The molecule has 0 radical (unpaired) electrons. The molecule has 1 aromatic rings. The molecule has 3 nitrogen and oxygen atoms in total. The molecule has 0 aliphatic carbocycles. The van der Waals surface area contributed by atoms with Crippen molar-refractivity contribution in [2.45, 2.75) is 13.8 Å². The molecule has 0 N–H and O–H groups in total. The second-order valence-electron chi connectivity index (χ2n) is 4.42. The van der Waals surface area contributed by atoms with Crippen molar-refractivity contribution in [2.75, 3.05) is 31.1 Å². The minimum atomic E-state index is 0.830. The van der Waals surface area contributed by atoms with Crippen LogP contribution in [0.25, 0.3) is 0 Å². The minimum absolute atomic E-state index is 0.830. The maximum absolute atomic E-state index is 10.6. The largest absolute Gasteiger partial charge is 0.368 e. The van der Waals surface area contributed by atoms with Crippen molar-refractivity contribution in [3.8, 4) is 0 Å². The van der Waals surface area contributed by atoms with Crippen LogP contribution in [-0.2, 0) is 4.79 Å². The number of carbonyl (C=O) groups is 1. The van der Waals surface area contributed by atoms with Gasteiger partial charge >= 0.3 is 0 Å². The lowest BCUT2D eigenvalue weighted by atomic mass is 10.1. The number of nitrogens with zero attached hydrogens (tertiary/aromatic N) is 2. The Morgan fingerprint density at radius 3 is 2.44 bits per heavy atom. The second-order valence-corrected chi connectivity index (χ2v) is 4.42. The zero-order valence-electron chi connectivity index (χ0n) is 9.94. The summed E-state index contributed by atoms with van der Waals surface area (Å²) in [6.07, 6.45) is 0.945. The Morgan fingerprint density at radius 1 is 1.12 bits per heavy atom. The molecule has 1 heterocycles. The normalized spacial score (nSPS) is 16.4. The Labute approximate surface area is 96.7 Å². The van der Waals surface area contributed by atoms with Crippen LogP contribution in [0.2, 0.25) is 0 Å². The number of carbonyl (C=O) groups excluding carboxylic acids is 1. The van der Waals surface area contributed by atoms with Crippen molar-refractivity contribution in [3.63, 3.8) is 0 Å². The van der Waals surface area contributed by atoms with E-state index in [0.717, 1.165) is 32.6 Å². The lowest BCUT2D eigenvalue weighted by Gasteiger charge is -2.35. The van der Waals surface area contributed by atoms with Crippen LogP contribution in [0, 0.1) is 13.8 Å². The Morgan fingerprint density at radius 2 is 1.81 bits per heavy atom. The summed E-state index contributed by atoms with van der Waals surface area (Å²) in [6, 6.07) is 6.53. The summed E-state index contributed by atoms with van der Waals surface area (Å²) in [5, 5.41) is 0. The van der Waals surface area contributed by atoms with Crippen LogP contribution in [0.4, 0.5) is 5.69 Å². The van der Waals surface area contributed by atoms with E-state index in [4.69, 9.17) is 0 Å². The SMILES string of the molecule is Cc1ccc(C)c(N2CCN(C=O)CC2)c1. The highest BCUT2D eigenvalue weighted by molar-refractivity contribution is 5.56. The summed E-state index contributed by atoms with van der Waals surface area (Å²) < 4.78 is 0. The summed E-state index contributed by atoms with van der Waals surface area (Å²) >= 11 is 0. The molecule has 0 unspecified atom stereocenters. The quantitative estimate of drug-likeness (QED) is 0.704. The lowest BCUT2D eigenvalue weighted by molar-refractivity contribution is -0.118. The minimum Gasteiger partial charge on any atom is -0.368 e. The van der Waals surface area contributed by atoms with Crippen LogP contribution in [0.15, 0.2) is 18.2 Å². The fourth-order valence-electron chi connectivity index (χ4n) is 2.13.